The van der Waals surface area contributed by atoms with E-state index in [9.17, 15) is 13.4 Å². The van der Waals surface area contributed by atoms with Gasteiger partial charge in [0.25, 0.3) is 5.91 Å². The predicted molar refractivity (Wildman–Crippen MR) is 122 cm³/mol. The lowest BCUT2D eigenvalue weighted by Gasteiger charge is -2.24. The molecule has 33 heavy (non-hydrogen) atoms. The van der Waals surface area contributed by atoms with Gasteiger partial charge in [0.1, 0.15) is 24.0 Å². The smallest absolute Gasteiger partial charge is 0.257 e. The van der Waals surface area contributed by atoms with Gasteiger partial charge in [-0.3, -0.25) is 4.79 Å². The van der Waals surface area contributed by atoms with Gasteiger partial charge >= 0.3 is 0 Å². The van der Waals surface area contributed by atoms with E-state index in [0.717, 1.165) is 16.7 Å². The van der Waals surface area contributed by atoms with Crippen LogP contribution < -0.4 is 10.5 Å². The summed E-state index contributed by atoms with van der Waals surface area (Å²) in [7, 11) is 0.611. The molecule has 0 spiro atoms. The molecule has 3 aromatic rings. The van der Waals surface area contributed by atoms with Crippen molar-refractivity contribution in [3.63, 3.8) is 0 Å². The second-order valence-electron chi connectivity index (χ2n) is 8.22. The molecule has 0 fully saturated rings. The highest BCUT2D eigenvalue weighted by atomic mass is 32.2. The van der Waals surface area contributed by atoms with Gasteiger partial charge < -0.3 is 20.1 Å². The molecule has 0 radical (unpaired) electrons. The van der Waals surface area contributed by atoms with Gasteiger partial charge in [0.2, 0.25) is 0 Å². The fraction of sp³-hybridized carbons (Fsp3) is 0.304. The van der Waals surface area contributed by atoms with Gasteiger partial charge in [0, 0.05) is 42.9 Å². The third-order valence-corrected chi connectivity index (χ3v) is 8.19. The van der Waals surface area contributed by atoms with Crippen LogP contribution in [0.2, 0.25) is 0 Å². The Morgan fingerprint density at radius 3 is 2.79 bits per heavy atom. The van der Waals surface area contributed by atoms with Crippen molar-refractivity contribution in [3.05, 3.63) is 58.4 Å². The molecule has 10 heteroatoms. The van der Waals surface area contributed by atoms with Crippen LogP contribution in [0.5, 0.6) is 5.75 Å². The molecule has 5 rings (SSSR count). The molecule has 2 N–H and O–H groups in total. The minimum Gasteiger partial charge on any atom is -0.491 e. The minimum atomic E-state index is -2.51. The average molecular weight is 471 g/mol. The molecule has 2 aliphatic rings. The largest absolute Gasteiger partial charge is 0.491 e. The van der Waals surface area contributed by atoms with Gasteiger partial charge in [-0.15, -0.1) is 0 Å². The van der Waals surface area contributed by atoms with E-state index in [-0.39, 0.29) is 12.2 Å². The maximum Gasteiger partial charge on any atom is 0.257 e. The van der Waals surface area contributed by atoms with E-state index < -0.39 is 27.5 Å². The molecule has 2 atom stereocenters. The Morgan fingerprint density at radius 2 is 2.03 bits per heavy atom. The van der Waals surface area contributed by atoms with Crippen LogP contribution in [0.15, 0.2) is 39.6 Å². The average Bonchev–Trinajstić information content (AvgIpc) is 3.45. The Hall–Kier alpha value is -3.24. The number of likely N-dealkylation sites (N-methyl/N-ethyl adjacent to an activating group) is 1. The number of ether oxygens (including phenoxy) is 2. The Kier molecular flexibility index (Phi) is 5.02. The molecule has 2 aliphatic heterocycles. The summed E-state index contributed by atoms with van der Waals surface area (Å²) in [6.07, 6.45) is 1.56. The lowest BCUT2D eigenvalue weighted by molar-refractivity contribution is 0.0704. The number of anilines is 1. The molecule has 8 nitrogen and oxygen atoms in total. The highest BCUT2D eigenvalue weighted by Gasteiger charge is 2.33. The number of pyridine rings is 1. The van der Waals surface area contributed by atoms with Gasteiger partial charge in [-0.1, -0.05) is 6.07 Å². The summed E-state index contributed by atoms with van der Waals surface area (Å²) in [6, 6.07) is 7.56. The van der Waals surface area contributed by atoms with Gasteiger partial charge in [-0.2, -0.15) is 0 Å². The van der Waals surface area contributed by atoms with Gasteiger partial charge in [0.15, 0.2) is 0 Å². The second kappa shape index (κ2) is 7.67. The first-order valence-electron chi connectivity index (χ1n) is 10.3. The number of benzene rings is 2. The first-order chi connectivity index (χ1) is 15.7. The Balaban J connectivity index is 1.51. The van der Waals surface area contributed by atoms with Crippen LogP contribution in [0.3, 0.4) is 0 Å². The SMILES string of the molecule is CN=S(C)(=O)c1ccc2c(c1)OC[C@H]2N(C)C(=O)c1cc2c3c(c(N)nc2cc1F)COC3. The second-order valence-corrected chi connectivity index (χ2v) is 10.7. The first kappa shape index (κ1) is 21.6. The number of hydrogen-bond donors (Lipinski definition) is 1. The third kappa shape index (κ3) is 3.41. The number of aromatic nitrogens is 1. The molecule has 1 aromatic heterocycles. The molecule has 172 valence electrons. The topological polar surface area (TPSA) is 107 Å². The zero-order chi connectivity index (χ0) is 23.5. The zero-order valence-corrected chi connectivity index (χ0v) is 19.2. The molecule has 1 unspecified atom stereocenters. The number of carbonyl (C=O) groups excluding carboxylic acids is 1. The number of hydrogen-bond acceptors (Lipinski definition) is 7. The third-order valence-electron chi connectivity index (χ3n) is 6.36. The quantitative estimate of drug-likeness (QED) is 0.630. The normalized spacial score (nSPS) is 18.4. The van der Waals surface area contributed by atoms with E-state index in [1.807, 2.05) is 0 Å². The summed E-state index contributed by atoms with van der Waals surface area (Å²) in [5.41, 5.74) is 8.69. The molecule has 0 aliphatic carbocycles. The van der Waals surface area contributed by atoms with Crippen LogP contribution in [0.1, 0.15) is 33.1 Å². The van der Waals surface area contributed by atoms with Crippen LogP contribution in [-0.2, 0) is 27.7 Å². The van der Waals surface area contributed by atoms with Crippen LogP contribution >= 0.6 is 0 Å². The summed E-state index contributed by atoms with van der Waals surface area (Å²) >= 11 is 0. The summed E-state index contributed by atoms with van der Waals surface area (Å²) in [5.74, 6) is -0.289. The number of nitrogens with two attached hydrogens (primary N) is 1. The minimum absolute atomic E-state index is 0.0582. The van der Waals surface area contributed by atoms with Crippen LogP contribution in [0, 0.1) is 5.82 Å². The van der Waals surface area contributed by atoms with E-state index in [2.05, 4.69) is 9.35 Å². The molecule has 0 saturated carbocycles. The highest BCUT2D eigenvalue weighted by Crippen LogP contribution is 2.38. The summed E-state index contributed by atoms with van der Waals surface area (Å²) in [6.45, 7) is 0.897. The van der Waals surface area contributed by atoms with Crippen molar-refractivity contribution in [1.29, 1.82) is 0 Å². The lowest BCUT2D eigenvalue weighted by Crippen LogP contribution is -2.32. The van der Waals surface area contributed by atoms with Crippen LogP contribution in [0.25, 0.3) is 10.9 Å². The lowest BCUT2D eigenvalue weighted by atomic mass is 10.0. The molecule has 0 saturated heterocycles. The number of halogens is 1. The fourth-order valence-electron chi connectivity index (χ4n) is 4.32. The summed E-state index contributed by atoms with van der Waals surface area (Å²) in [4.78, 5) is 19.6. The van der Waals surface area contributed by atoms with E-state index in [1.165, 1.54) is 24.1 Å². The number of carbonyl (C=O) groups is 1. The van der Waals surface area contributed by atoms with Crippen LogP contribution in [0.4, 0.5) is 10.2 Å². The van der Waals surface area contributed by atoms with Gasteiger partial charge in [-0.25, -0.2) is 17.9 Å². The fourth-order valence-corrected chi connectivity index (χ4v) is 5.18. The van der Waals surface area contributed by atoms with Gasteiger partial charge in [0.05, 0.1) is 45.0 Å². The number of amides is 1. The Morgan fingerprint density at radius 1 is 1.27 bits per heavy atom. The summed E-state index contributed by atoms with van der Waals surface area (Å²) < 4.78 is 42.8. The molecule has 2 aromatic carbocycles. The van der Waals surface area contributed by atoms with Crippen molar-refractivity contribution in [3.8, 4) is 5.75 Å². The number of rotatable bonds is 3. The van der Waals surface area contributed by atoms with E-state index in [0.29, 0.717) is 40.6 Å². The molecular formula is C23H23FN4O4S. The maximum atomic E-state index is 15.0. The first-order valence-corrected chi connectivity index (χ1v) is 12.3. The van der Waals surface area contributed by atoms with Crippen molar-refractivity contribution in [2.45, 2.75) is 24.2 Å². The van der Waals surface area contributed by atoms with Crippen molar-refractivity contribution in [2.24, 2.45) is 4.36 Å². The zero-order valence-electron chi connectivity index (χ0n) is 18.4. The Labute approximate surface area is 190 Å². The van der Waals surface area contributed by atoms with Crippen molar-refractivity contribution in [2.75, 3.05) is 32.7 Å². The maximum absolute atomic E-state index is 15.0. The van der Waals surface area contributed by atoms with E-state index >= 15 is 0 Å². The van der Waals surface area contributed by atoms with Crippen molar-refractivity contribution < 1.29 is 22.9 Å². The summed E-state index contributed by atoms with van der Waals surface area (Å²) in [5, 5.41) is 0.656. The molecule has 1 amide bonds. The van der Waals surface area contributed by atoms with Crippen molar-refractivity contribution in [1.82, 2.24) is 9.88 Å². The molecular weight excluding hydrogens is 447 g/mol. The number of fused-ring (bicyclic) bond motifs is 4. The van der Waals surface area contributed by atoms with Gasteiger partial charge in [-0.05, 0) is 23.8 Å². The highest BCUT2D eigenvalue weighted by molar-refractivity contribution is 7.93. The monoisotopic (exact) mass is 470 g/mol. The number of nitrogens with zero attached hydrogens (tertiary/aromatic N) is 3. The molecule has 3 heterocycles. The predicted octanol–water partition coefficient (Wildman–Crippen LogP) is 3.28. The van der Waals surface area contributed by atoms with E-state index in [1.54, 1.807) is 31.5 Å². The van der Waals surface area contributed by atoms with Crippen molar-refractivity contribution >= 4 is 32.4 Å². The van der Waals surface area contributed by atoms with Crippen LogP contribution in [-0.4, -0.2) is 47.0 Å². The Bertz CT molecular complexity index is 1450. The number of nitrogen functional groups attached to an aromatic ring is 1. The molecule has 0 bridgehead atoms. The standard InChI is InChI=1S/C23H23FN4O4S/c1-26-33(3,30)12-4-5-13-20(11-32-21(13)6-12)28(2)23(29)15-7-14-16-9-31-10-17(16)22(25)27-19(14)8-18(15)24/h4-8,20H,9-11H2,1-3H3,(H2,25,27)/t20-,33?/m1/s1. The van der Waals surface area contributed by atoms with E-state index in [4.69, 9.17) is 15.2 Å².